The molecule has 1 unspecified atom stereocenters. The number of piperidine rings is 1. The molecule has 2 amide bonds. The molecular formula is C36H48N8O5S. The summed E-state index contributed by atoms with van der Waals surface area (Å²) in [5.41, 5.74) is 2.54. The van der Waals surface area contributed by atoms with Crippen molar-refractivity contribution >= 4 is 39.9 Å². The van der Waals surface area contributed by atoms with Gasteiger partial charge in [0.25, 0.3) is 5.91 Å². The highest BCUT2D eigenvalue weighted by Gasteiger charge is 2.28. The Hall–Kier alpha value is -4.43. The van der Waals surface area contributed by atoms with Gasteiger partial charge in [0.1, 0.15) is 16.5 Å². The fourth-order valence-corrected chi connectivity index (χ4v) is 7.98. The van der Waals surface area contributed by atoms with E-state index in [1.165, 1.54) is 11.3 Å². The Balaban J connectivity index is 1.38. The molecule has 0 radical (unpaired) electrons. The number of hydrogen-bond acceptors (Lipinski definition) is 11. The Kier molecular flexibility index (Phi) is 11.1. The third kappa shape index (κ3) is 7.65. The van der Waals surface area contributed by atoms with Crippen molar-refractivity contribution in [2.75, 3.05) is 65.5 Å². The molecule has 0 spiro atoms. The maximum atomic E-state index is 13.7. The summed E-state index contributed by atoms with van der Waals surface area (Å²) < 4.78 is 19.4. The van der Waals surface area contributed by atoms with Gasteiger partial charge in [-0.2, -0.15) is 0 Å². The number of fused-ring (bicyclic) bond motifs is 5. The van der Waals surface area contributed by atoms with Crippen molar-refractivity contribution in [3.05, 3.63) is 51.5 Å². The number of amides is 2. The number of nitrogens with zero attached hydrogens (tertiary/aromatic N) is 7. The number of hydrogen-bond donors (Lipinski definition) is 1. The van der Waals surface area contributed by atoms with Gasteiger partial charge >= 0.3 is 0 Å². The van der Waals surface area contributed by atoms with E-state index in [0.29, 0.717) is 54.0 Å². The van der Waals surface area contributed by atoms with Crippen LogP contribution in [-0.2, 0) is 24.9 Å². The summed E-state index contributed by atoms with van der Waals surface area (Å²) >= 11 is 1.39. The van der Waals surface area contributed by atoms with E-state index < -0.39 is 0 Å². The molecule has 13 nitrogen and oxygen atoms in total. The standard InChI is InChI=1S/C36H48N8O5S/c1-23-34(50-24(2)39-23)36(46)44-13-8-7-12-42(21-30-37-11-15-41(30)3)20-26-16-27-28(17-29(47-4)33(49-6)32(27)48-5)40-35(26)43-14-9-10-25(19-43)18-38-31(45)22-44/h11,15-17,25H,7-10,12-14,18-22H2,1-6H3,(H,38,45). The van der Waals surface area contributed by atoms with E-state index in [9.17, 15) is 9.59 Å². The average Bonchev–Trinajstić information content (AvgIpc) is 3.68. The van der Waals surface area contributed by atoms with Gasteiger partial charge < -0.3 is 33.9 Å². The lowest BCUT2D eigenvalue weighted by Crippen LogP contribution is -2.45. The molecule has 0 aliphatic carbocycles. The summed E-state index contributed by atoms with van der Waals surface area (Å²) in [7, 11) is 6.87. The summed E-state index contributed by atoms with van der Waals surface area (Å²) in [4.78, 5) is 48.5. The van der Waals surface area contributed by atoms with E-state index in [-0.39, 0.29) is 24.3 Å². The maximum absolute atomic E-state index is 13.7. The zero-order valence-electron chi connectivity index (χ0n) is 30.0. The Bertz CT molecular complexity index is 1840. The van der Waals surface area contributed by atoms with Crippen LogP contribution < -0.4 is 24.4 Å². The van der Waals surface area contributed by atoms with Crippen LogP contribution in [0.3, 0.4) is 0 Å². The second kappa shape index (κ2) is 15.6. The number of methoxy groups -OCH3 is 3. The van der Waals surface area contributed by atoms with Gasteiger partial charge in [-0.25, -0.2) is 15.0 Å². The highest BCUT2D eigenvalue weighted by Crippen LogP contribution is 2.44. The van der Waals surface area contributed by atoms with Crippen LogP contribution >= 0.6 is 11.3 Å². The topological polar surface area (TPSA) is 127 Å². The van der Waals surface area contributed by atoms with Crippen molar-refractivity contribution < 1.29 is 23.8 Å². The summed E-state index contributed by atoms with van der Waals surface area (Å²) in [5.74, 6) is 3.50. The van der Waals surface area contributed by atoms with E-state index in [4.69, 9.17) is 19.2 Å². The number of pyridine rings is 1. The predicted octanol–water partition coefficient (Wildman–Crippen LogP) is 4.34. The van der Waals surface area contributed by atoms with E-state index >= 15 is 0 Å². The van der Waals surface area contributed by atoms with E-state index in [0.717, 1.165) is 78.4 Å². The number of aryl methyl sites for hydroxylation is 3. The van der Waals surface area contributed by atoms with Crippen molar-refractivity contribution in [1.82, 2.24) is 34.6 Å². The molecule has 268 valence electrons. The summed E-state index contributed by atoms with van der Waals surface area (Å²) in [6, 6.07) is 4.09. The number of thiazole rings is 1. The molecule has 2 aliphatic heterocycles. The molecule has 6 rings (SSSR count). The molecule has 3 aromatic heterocycles. The maximum Gasteiger partial charge on any atom is 0.266 e. The van der Waals surface area contributed by atoms with Crippen LogP contribution in [-0.4, -0.2) is 102 Å². The minimum Gasteiger partial charge on any atom is -0.493 e. The molecule has 1 fully saturated rings. The largest absolute Gasteiger partial charge is 0.493 e. The van der Waals surface area contributed by atoms with Crippen LogP contribution in [0.2, 0.25) is 0 Å². The Morgan fingerprint density at radius 3 is 2.50 bits per heavy atom. The van der Waals surface area contributed by atoms with Gasteiger partial charge in [0.15, 0.2) is 11.5 Å². The average molecular weight is 705 g/mol. The second-order valence-corrected chi connectivity index (χ2v) is 14.4. The van der Waals surface area contributed by atoms with Crippen LogP contribution in [0.1, 0.15) is 57.4 Å². The monoisotopic (exact) mass is 704 g/mol. The van der Waals surface area contributed by atoms with Gasteiger partial charge in [-0.15, -0.1) is 11.3 Å². The van der Waals surface area contributed by atoms with Crippen LogP contribution in [0.25, 0.3) is 10.9 Å². The van der Waals surface area contributed by atoms with E-state index in [2.05, 4.69) is 31.2 Å². The smallest absolute Gasteiger partial charge is 0.266 e. The van der Waals surface area contributed by atoms with Gasteiger partial charge in [0.05, 0.1) is 50.6 Å². The van der Waals surface area contributed by atoms with Gasteiger partial charge in [-0.1, -0.05) is 0 Å². The third-order valence-electron chi connectivity index (χ3n) is 9.64. The molecule has 1 N–H and O–H groups in total. The van der Waals surface area contributed by atoms with Gasteiger partial charge in [0.2, 0.25) is 11.7 Å². The Morgan fingerprint density at radius 2 is 1.80 bits per heavy atom. The van der Waals surface area contributed by atoms with Crippen molar-refractivity contribution in [3.63, 3.8) is 0 Å². The summed E-state index contributed by atoms with van der Waals surface area (Å²) in [5, 5.41) is 4.84. The Morgan fingerprint density at radius 1 is 1.00 bits per heavy atom. The van der Waals surface area contributed by atoms with Crippen LogP contribution in [0.5, 0.6) is 17.2 Å². The zero-order valence-corrected chi connectivity index (χ0v) is 30.8. The minimum absolute atomic E-state index is 0.0200. The van der Waals surface area contributed by atoms with Crippen molar-refractivity contribution in [2.45, 2.75) is 52.6 Å². The first kappa shape index (κ1) is 35.4. The summed E-state index contributed by atoms with van der Waals surface area (Å²) in [6.45, 7) is 8.40. The molecule has 4 aromatic rings. The number of anilines is 1. The highest BCUT2D eigenvalue weighted by atomic mass is 32.1. The second-order valence-electron chi connectivity index (χ2n) is 13.2. The quantitative estimate of drug-likeness (QED) is 0.310. The van der Waals surface area contributed by atoms with Crippen LogP contribution in [0, 0.1) is 19.8 Å². The van der Waals surface area contributed by atoms with E-state index in [1.807, 2.05) is 43.9 Å². The van der Waals surface area contributed by atoms with Crippen molar-refractivity contribution in [1.29, 1.82) is 0 Å². The number of carbonyl (C=O) groups excluding carboxylic acids is 2. The number of ether oxygens (including phenoxy) is 3. The molecule has 1 saturated heterocycles. The lowest BCUT2D eigenvalue weighted by Gasteiger charge is -2.36. The first-order valence-electron chi connectivity index (χ1n) is 17.2. The normalized spacial score (nSPS) is 18.1. The fourth-order valence-electron chi connectivity index (χ4n) is 7.09. The lowest BCUT2D eigenvalue weighted by molar-refractivity contribution is -0.122. The molecule has 14 heteroatoms. The first-order valence-corrected chi connectivity index (χ1v) is 18.1. The lowest BCUT2D eigenvalue weighted by atomic mass is 9.97. The molecule has 0 saturated carbocycles. The zero-order chi connectivity index (χ0) is 35.4. The minimum atomic E-state index is -0.143. The highest BCUT2D eigenvalue weighted by molar-refractivity contribution is 7.13. The molecule has 2 bridgehead atoms. The third-order valence-corrected chi connectivity index (χ3v) is 10.7. The van der Waals surface area contributed by atoms with Gasteiger partial charge in [-0.3, -0.25) is 14.5 Å². The molecule has 2 aliphatic rings. The van der Waals surface area contributed by atoms with Gasteiger partial charge in [-0.05, 0) is 58.1 Å². The number of nitrogens with one attached hydrogen (secondary N) is 1. The van der Waals surface area contributed by atoms with Gasteiger partial charge in [0, 0.05) is 69.2 Å². The molecule has 50 heavy (non-hydrogen) atoms. The Labute approximate surface area is 297 Å². The number of aromatic nitrogens is 4. The van der Waals surface area contributed by atoms with Crippen molar-refractivity contribution in [3.8, 4) is 17.2 Å². The number of imidazole rings is 1. The number of rotatable bonds is 6. The molecule has 1 aromatic carbocycles. The SMILES string of the molecule is COc1cc2nc3c(cc2c(OC)c1OC)CN(Cc1nccn1C)CCCCN(C(=O)c1sc(C)nc1C)CC(=O)NCC1CCCN3C1. The first-order chi connectivity index (χ1) is 24.2. The number of benzene rings is 1. The fraction of sp³-hybridized carbons (Fsp3) is 0.528. The predicted molar refractivity (Wildman–Crippen MR) is 193 cm³/mol. The van der Waals surface area contributed by atoms with Crippen molar-refractivity contribution in [2.24, 2.45) is 13.0 Å². The molecule has 1 atom stereocenters. The molecule has 5 heterocycles. The van der Waals surface area contributed by atoms with Crippen LogP contribution in [0.4, 0.5) is 5.82 Å². The van der Waals surface area contributed by atoms with Crippen LogP contribution in [0.15, 0.2) is 24.5 Å². The summed E-state index contributed by atoms with van der Waals surface area (Å²) in [6.07, 6.45) is 7.30. The number of carbonyl (C=O) groups is 2. The van der Waals surface area contributed by atoms with E-state index in [1.54, 1.807) is 26.2 Å². The molecular weight excluding hydrogens is 657 g/mol.